The molecule has 0 bridgehead atoms. The molecule has 0 saturated heterocycles. The Balaban J connectivity index is 2.39. The lowest BCUT2D eigenvalue weighted by Gasteiger charge is -2.38. The van der Waals surface area contributed by atoms with E-state index in [1.807, 2.05) is 0 Å². The van der Waals surface area contributed by atoms with E-state index >= 15 is 0 Å². The number of benzene rings is 1. The molecule has 23 heavy (non-hydrogen) atoms. The highest BCUT2D eigenvalue weighted by atomic mass is 28.3. The molecule has 2 rings (SSSR count). The smallest absolute Gasteiger partial charge is 0.183 e. The average Bonchev–Trinajstić information content (AvgIpc) is 2.96. The molecule has 0 radical (unpaired) electrons. The van der Waals surface area contributed by atoms with Gasteiger partial charge in [-0.1, -0.05) is 73.0 Å². The number of rotatable bonds is 7. The summed E-state index contributed by atoms with van der Waals surface area (Å²) in [6, 6.07) is 11.1. The Morgan fingerprint density at radius 2 is 1.78 bits per heavy atom. The van der Waals surface area contributed by atoms with Crippen LogP contribution in [0, 0.1) is 0 Å². The summed E-state index contributed by atoms with van der Waals surface area (Å²) in [7, 11) is -1.88. The number of hydrogen-bond acceptors (Lipinski definition) is 1. The van der Waals surface area contributed by atoms with Crippen molar-refractivity contribution in [3.63, 3.8) is 0 Å². The van der Waals surface area contributed by atoms with Gasteiger partial charge in [0, 0.05) is 5.54 Å². The van der Waals surface area contributed by atoms with Gasteiger partial charge in [-0.25, -0.2) is 0 Å². The lowest BCUT2D eigenvalue weighted by atomic mass is 10.1. The fourth-order valence-corrected chi connectivity index (χ4v) is 8.10. The van der Waals surface area contributed by atoms with Crippen molar-refractivity contribution in [3.8, 4) is 0 Å². The lowest BCUT2D eigenvalue weighted by molar-refractivity contribution is 0.515. The Morgan fingerprint density at radius 1 is 1.09 bits per heavy atom. The zero-order valence-corrected chi connectivity index (χ0v) is 16.6. The molecule has 1 aliphatic rings. The molecule has 2 heteroatoms. The maximum atomic E-state index is 4.05. The fourth-order valence-electron chi connectivity index (χ4n) is 3.72. The summed E-state index contributed by atoms with van der Waals surface area (Å²) in [5, 5.41) is 3.19. The molecule has 126 valence electrons. The van der Waals surface area contributed by atoms with Crippen molar-refractivity contribution >= 4 is 13.4 Å². The van der Waals surface area contributed by atoms with Gasteiger partial charge in [-0.2, -0.15) is 0 Å². The maximum Gasteiger partial charge on any atom is 0.183 e. The zero-order valence-electron chi connectivity index (χ0n) is 15.6. The number of allylic oxidation sites excluding steroid dienone is 4. The molecular weight excluding hydrogens is 294 g/mol. The van der Waals surface area contributed by atoms with Crippen molar-refractivity contribution in [2.45, 2.75) is 71.9 Å². The molecule has 1 N–H and O–H groups in total. The van der Waals surface area contributed by atoms with Crippen molar-refractivity contribution in [3.05, 3.63) is 53.3 Å². The summed E-state index contributed by atoms with van der Waals surface area (Å²) in [5.74, 6) is 0. The van der Waals surface area contributed by atoms with E-state index in [0.717, 1.165) is 6.42 Å². The third kappa shape index (κ3) is 4.68. The van der Waals surface area contributed by atoms with Gasteiger partial charge < -0.3 is 4.98 Å². The van der Waals surface area contributed by atoms with Crippen molar-refractivity contribution in [1.82, 2.24) is 4.98 Å². The molecular formula is C21H33NSi. The van der Waals surface area contributed by atoms with Crippen LogP contribution in [0.15, 0.2) is 53.3 Å². The first-order valence-corrected chi connectivity index (χ1v) is 11.6. The van der Waals surface area contributed by atoms with Gasteiger partial charge in [0.1, 0.15) is 0 Å². The Kier molecular flexibility index (Phi) is 6.04. The third-order valence-electron chi connectivity index (χ3n) is 4.66. The second-order valence-electron chi connectivity index (χ2n) is 7.93. The van der Waals surface area contributed by atoms with Crippen LogP contribution in [0.3, 0.4) is 0 Å². The molecule has 0 spiro atoms. The van der Waals surface area contributed by atoms with Gasteiger partial charge in [0.25, 0.3) is 0 Å². The van der Waals surface area contributed by atoms with Gasteiger partial charge >= 0.3 is 0 Å². The first kappa shape index (κ1) is 18.2. The van der Waals surface area contributed by atoms with E-state index in [2.05, 4.69) is 81.7 Å². The van der Waals surface area contributed by atoms with Gasteiger partial charge in [0.15, 0.2) is 8.24 Å². The lowest BCUT2D eigenvalue weighted by Crippen LogP contribution is -2.65. The van der Waals surface area contributed by atoms with Crippen molar-refractivity contribution in [2.24, 2.45) is 0 Å². The van der Waals surface area contributed by atoms with Gasteiger partial charge in [-0.15, -0.1) is 0 Å². The highest BCUT2D eigenvalue weighted by molar-refractivity contribution is 6.95. The van der Waals surface area contributed by atoms with Crippen molar-refractivity contribution < 1.29 is 0 Å². The summed E-state index contributed by atoms with van der Waals surface area (Å²) in [6.45, 7) is 11.7. The Hall–Kier alpha value is -1.12. The summed E-state index contributed by atoms with van der Waals surface area (Å²) in [5.41, 5.74) is 1.73. The second-order valence-corrected chi connectivity index (χ2v) is 11.6. The third-order valence-corrected chi connectivity index (χ3v) is 9.13. The molecule has 0 saturated carbocycles. The molecule has 0 aromatic heterocycles. The molecule has 1 aliphatic carbocycles. The minimum Gasteiger partial charge on any atom is -0.326 e. The molecule has 1 nitrogen and oxygen atoms in total. The topological polar surface area (TPSA) is 12.0 Å². The predicted octanol–water partition coefficient (Wildman–Crippen LogP) is 5.23. The minimum atomic E-state index is -1.88. The van der Waals surface area contributed by atoms with E-state index in [1.165, 1.54) is 30.9 Å². The van der Waals surface area contributed by atoms with Gasteiger partial charge in [-0.3, -0.25) is 0 Å². The van der Waals surface area contributed by atoms with Crippen LogP contribution in [0.4, 0.5) is 0 Å². The average molecular weight is 328 g/mol. The predicted molar refractivity (Wildman–Crippen MR) is 106 cm³/mol. The van der Waals surface area contributed by atoms with Gasteiger partial charge in [-0.05, 0) is 51.8 Å². The monoisotopic (exact) mass is 327 g/mol. The van der Waals surface area contributed by atoms with E-state index in [0.29, 0.717) is 0 Å². The van der Waals surface area contributed by atoms with Gasteiger partial charge in [0.2, 0.25) is 0 Å². The molecule has 0 fully saturated rings. The number of hydrogen-bond donors (Lipinski definition) is 1. The molecule has 1 aromatic carbocycles. The van der Waals surface area contributed by atoms with Crippen LogP contribution in [0.2, 0.25) is 6.55 Å². The summed E-state index contributed by atoms with van der Waals surface area (Å²) < 4.78 is 0. The van der Waals surface area contributed by atoms with Crippen LogP contribution in [0.1, 0.15) is 59.8 Å². The van der Waals surface area contributed by atoms with Crippen LogP contribution >= 0.6 is 0 Å². The highest BCUT2D eigenvalue weighted by Crippen LogP contribution is 2.31. The Bertz CT molecular complexity index is 565. The molecule has 0 amide bonds. The Morgan fingerprint density at radius 3 is 2.39 bits per heavy atom. The maximum absolute atomic E-state index is 4.05. The number of unbranched alkanes of at least 4 members (excludes halogenated alkanes) is 2. The SMILES string of the molecule is CCCCCC1=C([Si](C)(NC(C)(C)C)c2ccccc2)CC=C1. The van der Waals surface area contributed by atoms with Crippen LogP contribution < -0.4 is 10.2 Å². The van der Waals surface area contributed by atoms with E-state index in [1.54, 1.807) is 10.8 Å². The van der Waals surface area contributed by atoms with Crippen LogP contribution in [-0.2, 0) is 0 Å². The normalized spacial score (nSPS) is 17.6. The Labute approximate surface area is 144 Å². The molecule has 0 aliphatic heterocycles. The van der Waals surface area contributed by atoms with Crippen LogP contribution in [0.5, 0.6) is 0 Å². The summed E-state index contributed by atoms with van der Waals surface area (Å²) >= 11 is 0. The molecule has 1 aromatic rings. The molecule has 1 unspecified atom stereocenters. The van der Waals surface area contributed by atoms with Crippen molar-refractivity contribution in [2.75, 3.05) is 0 Å². The largest absolute Gasteiger partial charge is 0.326 e. The summed E-state index contributed by atoms with van der Waals surface area (Å²) in [6.07, 6.45) is 11.1. The van der Waals surface area contributed by atoms with Gasteiger partial charge in [0.05, 0.1) is 0 Å². The van der Waals surface area contributed by atoms with E-state index in [9.17, 15) is 0 Å². The second kappa shape index (κ2) is 7.63. The van der Waals surface area contributed by atoms with Crippen LogP contribution in [0.25, 0.3) is 0 Å². The number of nitrogens with one attached hydrogen (secondary N) is 1. The molecule has 0 heterocycles. The van der Waals surface area contributed by atoms with Crippen molar-refractivity contribution in [1.29, 1.82) is 0 Å². The highest BCUT2D eigenvalue weighted by Gasteiger charge is 2.39. The zero-order chi connectivity index (χ0) is 16.9. The quantitative estimate of drug-likeness (QED) is 0.534. The standard InChI is InChI=1S/C21H33NSi/c1-6-7-9-13-18-14-12-17-20(18)23(5,22-21(2,3)4)19-15-10-8-11-16-19/h8,10-12,14-16,22H,6-7,9,13,17H2,1-5H3. The first-order chi connectivity index (χ1) is 10.9. The van der Waals surface area contributed by atoms with E-state index < -0.39 is 8.24 Å². The van der Waals surface area contributed by atoms with E-state index in [4.69, 9.17) is 0 Å². The summed E-state index contributed by atoms with van der Waals surface area (Å²) in [4.78, 5) is 4.05. The first-order valence-electron chi connectivity index (χ1n) is 9.11. The fraction of sp³-hybridized carbons (Fsp3) is 0.524. The minimum absolute atomic E-state index is 0.126. The van der Waals surface area contributed by atoms with Crippen LogP contribution in [-0.4, -0.2) is 13.8 Å². The van der Waals surface area contributed by atoms with E-state index in [-0.39, 0.29) is 5.54 Å². The molecule has 1 atom stereocenters.